The van der Waals surface area contributed by atoms with E-state index in [-0.39, 0.29) is 17.5 Å². The highest BCUT2D eigenvalue weighted by Gasteiger charge is 2.30. The fourth-order valence-corrected chi connectivity index (χ4v) is 3.97. The summed E-state index contributed by atoms with van der Waals surface area (Å²) >= 11 is 0. The zero-order valence-electron chi connectivity index (χ0n) is 14.7. The second-order valence-electron chi connectivity index (χ2n) is 6.93. The molecule has 2 aromatic heterocycles. The molecule has 1 aliphatic rings. The summed E-state index contributed by atoms with van der Waals surface area (Å²) in [5, 5.41) is 0. The first-order valence-corrected chi connectivity index (χ1v) is 10.5. The summed E-state index contributed by atoms with van der Waals surface area (Å²) in [4.78, 5) is 8.81. The number of hydrogen-bond donors (Lipinski definition) is 1. The van der Waals surface area contributed by atoms with E-state index in [0.717, 1.165) is 19.1 Å². The molecule has 10 heteroatoms. The molecule has 0 radical (unpaired) electrons. The second-order valence-corrected chi connectivity index (χ2v) is 8.68. The molecule has 1 N–H and O–H groups in total. The molecule has 1 saturated carbocycles. The van der Waals surface area contributed by atoms with Crippen molar-refractivity contribution in [3.05, 3.63) is 48.3 Å². The molecule has 0 atom stereocenters. The molecule has 4 aromatic rings. The van der Waals surface area contributed by atoms with Gasteiger partial charge in [0, 0.05) is 12.1 Å². The number of rotatable bonds is 4. The summed E-state index contributed by atoms with van der Waals surface area (Å²) in [7, 11) is -3.63. The molecule has 7 nitrogen and oxygen atoms in total. The van der Waals surface area contributed by atoms with Crippen molar-refractivity contribution in [1.29, 1.82) is 0 Å². The summed E-state index contributed by atoms with van der Waals surface area (Å²) in [6, 6.07) is 7.37. The van der Waals surface area contributed by atoms with Crippen LogP contribution in [0.3, 0.4) is 0 Å². The Kier molecular flexibility index (Phi) is 3.51. The van der Waals surface area contributed by atoms with E-state index >= 15 is 0 Å². The topological polar surface area (TPSA) is 81.8 Å². The molecule has 1 fully saturated rings. The molecule has 0 bridgehead atoms. The van der Waals surface area contributed by atoms with Crippen LogP contribution in [0.25, 0.3) is 28.0 Å². The van der Waals surface area contributed by atoms with Crippen LogP contribution in [0.5, 0.6) is 0 Å². The number of fused-ring (bicyclic) bond motifs is 2. The molecule has 144 valence electrons. The number of benzene rings is 2. The van der Waals surface area contributed by atoms with E-state index in [9.17, 15) is 17.2 Å². The normalized spacial score (nSPS) is 14.8. The van der Waals surface area contributed by atoms with Gasteiger partial charge in [-0.25, -0.2) is 27.2 Å². The van der Waals surface area contributed by atoms with E-state index in [4.69, 9.17) is 0 Å². The molecule has 0 saturated heterocycles. The lowest BCUT2D eigenvalue weighted by Crippen LogP contribution is -2.11. The molecular weight excluding hydrogens is 388 g/mol. The first kappa shape index (κ1) is 17.1. The summed E-state index contributed by atoms with van der Waals surface area (Å²) < 4.78 is 57.4. The molecule has 0 spiro atoms. The van der Waals surface area contributed by atoms with Gasteiger partial charge in [-0.15, -0.1) is 0 Å². The Morgan fingerprint density at radius 1 is 1.14 bits per heavy atom. The zero-order valence-corrected chi connectivity index (χ0v) is 15.5. The van der Waals surface area contributed by atoms with Crippen LogP contribution < -0.4 is 4.72 Å². The first-order valence-electron chi connectivity index (χ1n) is 8.63. The molecule has 0 aliphatic heterocycles. The van der Waals surface area contributed by atoms with Crippen molar-refractivity contribution in [3.8, 4) is 5.95 Å². The molecule has 1 aliphatic carbocycles. The lowest BCUT2D eigenvalue weighted by Gasteiger charge is -2.10. The van der Waals surface area contributed by atoms with Gasteiger partial charge in [0.2, 0.25) is 16.0 Å². The van der Waals surface area contributed by atoms with Crippen molar-refractivity contribution in [2.45, 2.75) is 18.9 Å². The third-order valence-corrected chi connectivity index (χ3v) is 5.29. The van der Waals surface area contributed by atoms with Crippen LogP contribution in [0.2, 0.25) is 0 Å². The van der Waals surface area contributed by atoms with Gasteiger partial charge in [0.15, 0.2) is 0 Å². The minimum Gasteiger partial charge on any atom is -0.304 e. The molecular formula is C18H15F2N5O2S. The maximum atomic E-state index is 14.5. The third kappa shape index (κ3) is 2.71. The molecule has 2 heterocycles. The standard InChI is InChI=1S/C18H15F2N5O2S/c1-28(26,27)23-14-8-15-16(7-12(14)20)24(9-21-15)18-22-13-4-2-3-11(19)17(13)25(18)10-5-6-10/h2-4,7-10,23H,5-6H2,1H3. The van der Waals surface area contributed by atoms with Crippen molar-refractivity contribution < 1.29 is 17.2 Å². The number of halogens is 2. The van der Waals surface area contributed by atoms with Crippen LogP contribution in [0.15, 0.2) is 36.7 Å². The fourth-order valence-electron chi connectivity index (χ4n) is 3.41. The second kappa shape index (κ2) is 5.74. The van der Waals surface area contributed by atoms with E-state index in [0.29, 0.717) is 28.0 Å². The lowest BCUT2D eigenvalue weighted by atomic mass is 10.2. The quantitative estimate of drug-likeness (QED) is 0.567. The van der Waals surface area contributed by atoms with Crippen molar-refractivity contribution in [2.75, 3.05) is 11.0 Å². The van der Waals surface area contributed by atoms with E-state index in [1.54, 1.807) is 16.7 Å². The minimum absolute atomic E-state index is 0.130. The summed E-state index contributed by atoms with van der Waals surface area (Å²) in [6.07, 6.45) is 4.25. The number of nitrogens with one attached hydrogen (secondary N) is 1. The lowest BCUT2D eigenvalue weighted by molar-refractivity contribution is 0.604. The molecule has 0 unspecified atom stereocenters. The molecule has 0 amide bonds. The van der Waals surface area contributed by atoms with E-state index in [2.05, 4.69) is 14.7 Å². The van der Waals surface area contributed by atoms with Crippen molar-refractivity contribution in [1.82, 2.24) is 19.1 Å². The number of anilines is 1. The zero-order chi connectivity index (χ0) is 19.6. The van der Waals surface area contributed by atoms with Gasteiger partial charge in [0.05, 0.1) is 28.5 Å². The van der Waals surface area contributed by atoms with Crippen LogP contribution in [-0.4, -0.2) is 33.8 Å². The summed E-state index contributed by atoms with van der Waals surface area (Å²) in [6.45, 7) is 0. The predicted molar refractivity (Wildman–Crippen MR) is 101 cm³/mol. The Morgan fingerprint density at radius 3 is 2.64 bits per heavy atom. The first-order chi connectivity index (χ1) is 13.3. The molecule has 28 heavy (non-hydrogen) atoms. The van der Waals surface area contributed by atoms with E-state index in [1.165, 1.54) is 24.5 Å². The van der Waals surface area contributed by atoms with Gasteiger partial charge in [0.1, 0.15) is 23.5 Å². The van der Waals surface area contributed by atoms with Crippen molar-refractivity contribution >= 4 is 37.8 Å². The fraction of sp³-hybridized carbons (Fsp3) is 0.222. The maximum absolute atomic E-state index is 14.5. The summed E-state index contributed by atoms with van der Waals surface area (Å²) in [5.74, 6) is -0.647. The van der Waals surface area contributed by atoms with Gasteiger partial charge < -0.3 is 4.57 Å². The average Bonchev–Trinajstić information content (AvgIpc) is 3.26. The van der Waals surface area contributed by atoms with Gasteiger partial charge in [-0.05, 0) is 31.0 Å². The number of para-hydroxylation sites is 1. The van der Waals surface area contributed by atoms with E-state index in [1.807, 2.05) is 4.57 Å². The van der Waals surface area contributed by atoms with Gasteiger partial charge in [-0.1, -0.05) is 6.07 Å². The van der Waals surface area contributed by atoms with Crippen molar-refractivity contribution in [3.63, 3.8) is 0 Å². The van der Waals surface area contributed by atoms with Crippen LogP contribution in [0, 0.1) is 11.6 Å². The van der Waals surface area contributed by atoms with Crippen LogP contribution in [0.1, 0.15) is 18.9 Å². The minimum atomic E-state index is -3.63. The average molecular weight is 403 g/mol. The smallest absolute Gasteiger partial charge is 0.229 e. The van der Waals surface area contributed by atoms with Crippen LogP contribution in [-0.2, 0) is 10.0 Å². The molecule has 2 aromatic carbocycles. The van der Waals surface area contributed by atoms with Crippen LogP contribution >= 0.6 is 0 Å². The van der Waals surface area contributed by atoms with Gasteiger partial charge in [-0.2, -0.15) is 0 Å². The Labute approximate surface area is 158 Å². The number of aromatic nitrogens is 4. The highest BCUT2D eigenvalue weighted by molar-refractivity contribution is 7.92. The number of imidazole rings is 2. The van der Waals surface area contributed by atoms with Crippen molar-refractivity contribution in [2.24, 2.45) is 0 Å². The highest BCUT2D eigenvalue weighted by Crippen LogP contribution is 2.40. The Balaban J connectivity index is 1.73. The number of sulfonamides is 1. The molecule has 5 rings (SSSR count). The Morgan fingerprint density at radius 2 is 1.93 bits per heavy atom. The highest BCUT2D eigenvalue weighted by atomic mass is 32.2. The SMILES string of the molecule is CS(=O)(=O)Nc1cc2ncn(-c3nc4cccc(F)c4n3C3CC3)c2cc1F. The summed E-state index contributed by atoms with van der Waals surface area (Å²) in [5.41, 5.74) is 1.55. The van der Waals surface area contributed by atoms with Crippen LogP contribution in [0.4, 0.5) is 14.5 Å². The number of hydrogen-bond acceptors (Lipinski definition) is 4. The third-order valence-electron chi connectivity index (χ3n) is 4.70. The largest absolute Gasteiger partial charge is 0.304 e. The monoisotopic (exact) mass is 403 g/mol. The van der Waals surface area contributed by atoms with Gasteiger partial charge in [0.25, 0.3) is 0 Å². The van der Waals surface area contributed by atoms with Gasteiger partial charge in [-0.3, -0.25) is 9.29 Å². The Hall–Kier alpha value is -3.01. The number of nitrogens with zero attached hydrogens (tertiary/aromatic N) is 4. The predicted octanol–water partition coefficient (Wildman–Crippen LogP) is 3.36. The van der Waals surface area contributed by atoms with E-state index < -0.39 is 15.8 Å². The maximum Gasteiger partial charge on any atom is 0.229 e. The van der Waals surface area contributed by atoms with Gasteiger partial charge >= 0.3 is 0 Å². The Bertz CT molecular complexity index is 1360.